The van der Waals surface area contributed by atoms with Gasteiger partial charge in [0.1, 0.15) is 5.82 Å². The van der Waals surface area contributed by atoms with Crippen molar-refractivity contribution in [1.82, 2.24) is 15.3 Å². The molecular weight excluding hydrogens is 358 g/mol. The van der Waals surface area contributed by atoms with Crippen molar-refractivity contribution in [3.05, 3.63) is 36.0 Å². The number of amides is 2. The molecular formula is C16H21N5O4S. The van der Waals surface area contributed by atoms with E-state index in [1.54, 1.807) is 24.3 Å². The Balaban J connectivity index is 2.11. The number of benzene rings is 1. The van der Waals surface area contributed by atoms with Gasteiger partial charge in [-0.25, -0.2) is 23.2 Å². The van der Waals surface area contributed by atoms with E-state index in [1.165, 1.54) is 6.07 Å². The maximum Gasteiger partial charge on any atom is 0.319 e. The number of anilines is 2. The molecule has 0 spiro atoms. The van der Waals surface area contributed by atoms with E-state index < -0.39 is 9.84 Å². The average molecular weight is 379 g/mol. The summed E-state index contributed by atoms with van der Waals surface area (Å²) in [6.07, 6.45) is 1.60. The van der Waals surface area contributed by atoms with Gasteiger partial charge in [-0.15, -0.1) is 0 Å². The summed E-state index contributed by atoms with van der Waals surface area (Å²) in [4.78, 5) is 20.0. The van der Waals surface area contributed by atoms with Crippen molar-refractivity contribution < 1.29 is 18.3 Å². The largest absolute Gasteiger partial charge is 0.396 e. The van der Waals surface area contributed by atoms with Gasteiger partial charge in [0, 0.05) is 36.7 Å². The molecule has 140 valence electrons. The van der Waals surface area contributed by atoms with E-state index >= 15 is 0 Å². The van der Waals surface area contributed by atoms with Gasteiger partial charge >= 0.3 is 6.03 Å². The molecule has 1 aromatic heterocycles. The molecule has 1 aromatic carbocycles. The number of nitrogen functional groups attached to an aromatic ring is 1. The zero-order chi connectivity index (χ0) is 19.2. The number of nitrogens with zero attached hydrogens (tertiary/aromatic N) is 2. The second-order valence-electron chi connectivity index (χ2n) is 5.71. The van der Waals surface area contributed by atoms with Crippen LogP contribution in [-0.4, -0.2) is 48.9 Å². The normalized spacial score (nSPS) is 11.2. The predicted molar refractivity (Wildman–Crippen MR) is 99.2 cm³/mol. The Hall–Kier alpha value is -2.72. The van der Waals surface area contributed by atoms with Crippen LogP contribution >= 0.6 is 0 Å². The van der Waals surface area contributed by atoms with Gasteiger partial charge in [0.05, 0.1) is 11.4 Å². The summed E-state index contributed by atoms with van der Waals surface area (Å²) in [5.41, 5.74) is 7.26. The zero-order valence-electron chi connectivity index (χ0n) is 14.3. The number of aliphatic hydroxyl groups excluding tert-OH is 1. The number of nitrogens with two attached hydrogens (primary N) is 1. The summed E-state index contributed by atoms with van der Waals surface area (Å²) in [6.45, 7) is 0.386. The quantitative estimate of drug-likeness (QED) is 0.519. The first-order valence-electron chi connectivity index (χ1n) is 7.84. The summed E-state index contributed by atoms with van der Waals surface area (Å²) in [7, 11) is -3.24. The monoisotopic (exact) mass is 379 g/mol. The zero-order valence-corrected chi connectivity index (χ0v) is 15.1. The van der Waals surface area contributed by atoms with Gasteiger partial charge in [0.2, 0.25) is 0 Å². The van der Waals surface area contributed by atoms with Crippen LogP contribution in [0.5, 0.6) is 0 Å². The molecule has 0 atom stereocenters. The second kappa shape index (κ2) is 8.59. The van der Waals surface area contributed by atoms with Crippen LogP contribution in [0.25, 0.3) is 11.4 Å². The third kappa shape index (κ3) is 6.30. The van der Waals surface area contributed by atoms with Crippen molar-refractivity contribution in [3.8, 4) is 11.4 Å². The molecule has 10 heteroatoms. The number of aromatic nitrogens is 2. The van der Waals surface area contributed by atoms with Gasteiger partial charge in [0.25, 0.3) is 0 Å². The Morgan fingerprint density at radius 2 is 1.92 bits per heavy atom. The molecule has 0 fully saturated rings. The molecule has 26 heavy (non-hydrogen) atoms. The number of nitrogens with one attached hydrogen (secondary N) is 2. The molecule has 0 saturated carbocycles. The molecule has 2 aromatic rings. The smallest absolute Gasteiger partial charge is 0.319 e. The van der Waals surface area contributed by atoms with Crippen LogP contribution in [0.4, 0.5) is 16.3 Å². The maximum atomic E-state index is 11.7. The molecule has 0 bridgehead atoms. The number of hydrogen-bond acceptors (Lipinski definition) is 7. The number of carbonyl (C=O) groups is 1. The number of urea groups is 1. The topological polar surface area (TPSA) is 147 Å². The lowest BCUT2D eigenvalue weighted by atomic mass is 10.2. The molecule has 9 nitrogen and oxygen atoms in total. The molecule has 5 N–H and O–H groups in total. The molecule has 0 radical (unpaired) electrons. The first-order valence-corrected chi connectivity index (χ1v) is 9.90. The first-order chi connectivity index (χ1) is 12.3. The van der Waals surface area contributed by atoms with Gasteiger partial charge in [-0.05, 0) is 30.7 Å². The first kappa shape index (κ1) is 19.6. The van der Waals surface area contributed by atoms with Crippen molar-refractivity contribution in [2.45, 2.75) is 12.2 Å². The minimum atomic E-state index is -3.24. The lowest BCUT2D eigenvalue weighted by molar-refractivity contribution is 0.249. The molecule has 0 unspecified atom stereocenters. The van der Waals surface area contributed by atoms with Crippen LogP contribution in [0.15, 0.2) is 30.3 Å². The number of aliphatic hydroxyl groups is 1. The Labute approximate surface area is 151 Å². The Morgan fingerprint density at radius 1 is 1.23 bits per heavy atom. The number of hydrogen-bond donors (Lipinski definition) is 4. The van der Waals surface area contributed by atoms with E-state index in [9.17, 15) is 13.2 Å². The maximum absolute atomic E-state index is 11.7. The molecule has 2 rings (SSSR count). The molecule has 0 aliphatic carbocycles. The number of rotatable bonds is 7. The van der Waals surface area contributed by atoms with E-state index in [-0.39, 0.29) is 24.2 Å². The highest BCUT2D eigenvalue weighted by Gasteiger charge is 2.11. The van der Waals surface area contributed by atoms with E-state index in [1.807, 2.05) is 0 Å². The van der Waals surface area contributed by atoms with Crippen molar-refractivity contribution in [1.29, 1.82) is 0 Å². The van der Waals surface area contributed by atoms with Gasteiger partial charge in [-0.1, -0.05) is 0 Å². The SMILES string of the molecule is CS(=O)(=O)Cc1cc(N)nc(-c2ccc(NC(=O)NCCCO)cc2)n1. The highest BCUT2D eigenvalue weighted by Crippen LogP contribution is 2.20. The van der Waals surface area contributed by atoms with E-state index in [2.05, 4.69) is 20.6 Å². The second-order valence-corrected chi connectivity index (χ2v) is 7.85. The van der Waals surface area contributed by atoms with E-state index in [0.29, 0.717) is 35.7 Å². The summed E-state index contributed by atoms with van der Waals surface area (Å²) >= 11 is 0. The van der Waals surface area contributed by atoms with Gasteiger partial charge < -0.3 is 21.5 Å². The lowest BCUT2D eigenvalue weighted by Crippen LogP contribution is -2.29. The van der Waals surface area contributed by atoms with Crippen LogP contribution < -0.4 is 16.4 Å². The fraction of sp³-hybridized carbons (Fsp3) is 0.312. The molecule has 0 aliphatic rings. The van der Waals surface area contributed by atoms with Crippen LogP contribution in [0, 0.1) is 0 Å². The van der Waals surface area contributed by atoms with Crippen LogP contribution in [0.3, 0.4) is 0 Å². The van der Waals surface area contributed by atoms with Gasteiger partial charge in [0.15, 0.2) is 15.7 Å². The van der Waals surface area contributed by atoms with Crippen molar-refractivity contribution in [2.24, 2.45) is 0 Å². The summed E-state index contributed by atoms with van der Waals surface area (Å²) in [5.74, 6) is 0.266. The van der Waals surface area contributed by atoms with E-state index in [4.69, 9.17) is 10.8 Å². The van der Waals surface area contributed by atoms with Crippen LogP contribution in [0.1, 0.15) is 12.1 Å². The fourth-order valence-electron chi connectivity index (χ4n) is 2.15. The Morgan fingerprint density at radius 3 is 2.54 bits per heavy atom. The molecule has 1 heterocycles. The van der Waals surface area contributed by atoms with Crippen molar-refractivity contribution >= 4 is 27.4 Å². The average Bonchev–Trinajstić information content (AvgIpc) is 2.53. The third-order valence-corrected chi connectivity index (χ3v) is 4.05. The third-order valence-electron chi connectivity index (χ3n) is 3.23. The number of sulfone groups is 1. The Kier molecular flexibility index (Phi) is 6.47. The minimum absolute atomic E-state index is 0.0104. The molecule has 0 saturated heterocycles. The van der Waals surface area contributed by atoms with E-state index in [0.717, 1.165) is 6.26 Å². The highest BCUT2D eigenvalue weighted by atomic mass is 32.2. The molecule has 2 amide bonds. The van der Waals surface area contributed by atoms with Gasteiger partial charge in [-0.2, -0.15) is 0 Å². The van der Waals surface area contributed by atoms with Gasteiger partial charge in [-0.3, -0.25) is 0 Å². The standard InChI is InChI=1S/C16H21N5O4S/c1-26(24,25)10-13-9-14(17)21-15(19-13)11-3-5-12(6-4-11)20-16(23)18-7-2-8-22/h3-6,9,22H,2,7-8,10H2,1H3,(H2,17,19,21)(H2,18,20,23). The summed E-state index contributed by atoms with van der Waals surface area (Å²) in [5, 5.41) is 13.9. The van der Waals surface area contributed by atoms with Crippen LogP contribution in [0.2, 0.25) is 0 Å². The molecule has 0 aliphatic heterocycles. The lowest BCUT2D eigenvalue weighted by Gasteiger charge is -2.08. The number of carbonyl (C=O) groups excluding carboxylic acids is 1. The van der Waals surface area contributed by atoms with Crippen molar-refractivity contribution in [3.63, 3.8) is 0 Å². The van der Waals surface area contributed by atoms with Crippen molar-refractivity contribution in [2.75, 3.05) is 30.5 Å². The van der Waals surface area contributed by atoms with Crippen LogP contribution in [-0.2, 0) is 15.6 Å². The Bertz CT molecular complexity index is 869. The fourth-order valence-corrected chi connectivity index (χ4v) is 2.83. The minimum Gasteiger partial charge on any atom is -0.396 e. The summed E-state index contributed by atoms with van der Waals surface area (Å²) < 4.78 is 22.9. The highest BCUT2D eigenvalue weighted by molar-refractivity contribution is 7.89. The summed E-state index contributed by atoms with van der Waals surface area (Å²) in [6, 6.07) is 7.79. The predicted octanol–water partition coefficient (Wildman–Crippen LogP) is 0.774.